The van der Waals surface area contributed by atoms with E-state index in [0.717, 1.165) is 33.5 Å². The van der Waals surface area contributed by atoms with Gasteiger partial charge in [0.15, 0.2) is 17.5 Å². The van der Waals surface area contributed by atoms with E-state index >= 15 is 0 Å². The van der Waals surface area contributed by atoms with E-state index in [1.165, 1.54) is 59.9 Å². The molecule has 0 atom stereocenters. The van der Waals surface area contributed by atoms with Crippen LogP contribution in [0.5, 0.6) is 0 Å². The smallest absolute Gasteiger partial charge is 0.164 e. The number of nitrogens with zero attached hydrogens (tertiary/aromatic N) is 5. The summed E-state index contributed by atoms with van der Waals surface area (Å²) in [6.07, 6.45) is 0. The molecule has 4 aromatic heterocycles. The molecule has 0 saturated carbocycles. The van der Waals surface area contributed by atoms with Crippen molar-refractivity contribution in [3.8, 4) is 51.0 Å². The Morgan fingerprint density at radius 2 is 0.776 bits per heavy atom. The minimum Gasteiger partial charge on any atom is -0.309 e. The second kappa shape index (κ2) is 12.8. The molecule has 0 aliphatic rings. The van der Waals surface area contributed by atoms with Gasteiger partial charge in [0.05, 0.1) is 27.6 Å². The molecule has 5 heteroatoms. The summed E-state index contributed by atoms with van der Waals surface area (Å²) in [6, 6.07) is 71.0. The molecule has 0 unspecified atom stereocenters. The number of para-hydroxylation sites is 2. The van der Waals surface area contributed by atoms with Gasteiger partial charge in [-0.05, 0) is 65.0 Å². The van der Waals surface area contributed by atoms with Crippen molar-refractivity contribution >= 4 is 59.9 Å². The summed E-state index contributed by atoms with van der Waals surface area (Å²) in [5, 5.41) is 7.49. The molecule has 0 N–H and O–H groups in total. The molecule has 0 aliphatic heterocycles. The first-order valence-corrected chi connectivity index (χ1v) is 19.6. The molecule has 4 heterocycles. The Hall–Kier alpha value is -7.89. The predicted octanol–water partition coefficient (Wildman–Crippen LogP) is 13.3. The average molecular weight is 740 g/mol. The summed E-state index contributed by atoms with van der Waals surface area (Å²) < 4.78 is 4.85. The first kappa shape index (κ1) is 32.4. The number of pyridine rings is 1. The molecule has 12 aromatic rings. The minimum atomic E-state index is 0.641. The first-order chi connectivity index (χ1) is 28.7. The average Bonchev–Trinajstić information content (AvgIpc) is 3.84. The normalized spacial score (nSPS) is 11.8. The van der Waals surface area contributed by atoms with Crippen LogP contribution in [0.25, 0.3) is 111 Å². The van der Waals surface area contributed by atoms with Crippen molar-refractivity contribution in [1.82, 2.24) is 23.9 Å². The van der Waals surface area contributed by atoms with Crippen LogP contribution in [0.4, 0.5) is 0 Å². The van der Waals surface area contributed by atoms with Crippen molar-refractivity contribution in [2.24, 2.45) is 0 Å². The van der Waals surface area contributed by atoms with Crippen LogP contribution in [0, 0.1) is 0 Å². The Morgan fingerprint density at radius 1 is 0.276 bits per heavy atom. The van der Waals surface area contributed by atoms with Crippen molar-refractivity contribution in [2.45, 2.75) is 0 Å². The highest BCUT2D eigenvalue weighted by Gasteiger charge is 2.18. The Bertz CT molecular complexity index is 3490. The zero-order valence-corrected chi connectivity index (χ0v) is 31.3. The lowest BCUT2D eigenvalue weighted by molar-refractivity contribution is 1.07. The van der Waals surface area contributed by atoms with Gasteiger partial charge in [-0.25, -0.2) is 15.0 Å². The fourth-order valence-electron chi connectivity index (χ4n) is 8.82. The Balaban J connectivity index is 0.980. The monoisotopic (exact) mass is 739 g/mol. The van der Waals surface area contributed by atoms with Crippen LogP contribution in [-0.4, -0.2) is 23.9 Å². The molecular weight excluding hydrogens is 707 g/mol. The zero-order valence-electron chi connectivity index (χ0n) is 31.3. The second-order valence-electron chi connectivity index (χ2n) is 14.9. The van der Waals surface area contributed by atoms with E-state index < -0.39 is 0 Å². The third-order valence-electron chi connectivity index (χ3n) is 11.5. The molecular formula is C53H33N5. The zero-order chi connectivity index (χ0) is 38.2. The molecule has 270 valence electrons. The molecule has 8 aromatic carbocycles. The fourth-order valence-corrected chi connectivity index (χ4v) is 8.82. The highest BCUT2D eigenvalue weighted by molar-refractivity contribution is 6.19. The van der Waals surface area contributed by atoms with E-state index in [-0.39, 0.29) is 0 Å². The fraction of sp³-hybridized carbons (Fsp3) is 0. The third-order valence-corrected chi connectivity index (χ3v) is 11.5. The van der Waals surface area contributed by atoms with Gasteiger partial charge in [0.1, 0.15) is 0 Å². The van der Waals surface area contributed by atoms with Crippen LogP contribution in [0.3, 0.4) is 0 Å². The van der Waals surface area contributed by atoms with Gasteiger partial charge >= 0.3 is 0 Å². The summed E-state index contributed by atoms with van der Waals surface area (Å²) in [5.41, 5.74) is 12.2. The van der Waals surface area contributed by atoms with Gasteiger partial charge in [0, 0.05) is 49.3 Å². The van der Waals surface area contributed by atoms with E-state index in [1.807, 2.05) is 60.7 Å². The van der Waals surface area contributed by atoms with Crippen molar-refractivity contribution in [3.05, 3.63) is 200 Å². The summed E-state index contributed by atoms with van der Waals surface area (Å²) >= 11 is 0. The van der Waals surface area contributed by atoms with Gasteiger partial charge in [-0.2, -0.15) is 0 Å². The van der Waals surface area contributed by atoms with E-state index in [1.54, 1.807) is 0 Å². The van der Waals surface area contributed by atoms with Gasteiger partial charge in [-0.3, -0.25) is 0 Å². The van der Waals surface area contributed by atoms with E-state index in [9.17, 15) is 0 Å². The van der Waals surface area contributed by atoms with Crippen molar-refractivity contribution in [1.29, 1.82) is 0 Å². The molecule has 12 rings (SSSR count). The van der Waals surface area contributed by atoms with Crippen LogP contribution >= 0.6 is 0 Å². The van der Waals surface area contributed by atoms with Crippen LogP contribution in [0.15, 0.2) is 200 Å². The number of hydrogen-bond acceptors (Lipinski definition) is 3. The van der Waals surface area contributed by atoms with Gasteiger partial charge < -0.3 is 8.97 Å². The van der Waals surface area contributed by atoms with Gasteiger partial charge in [0.2, 0.25) is 0 Å². The molecule has 5 nitrogen and oxygen atoms in total. The van der Waals surface area contributed by atoms with Crippen LogP contribution < -0.4 is 0 Å². The quantitative estimate of drug-likeness (QED) is 0.165. The largest absolute Gasteiger partial charge is 0.309 e. The highest BCUT2D eigenvalue weighted by atomic mass is 15.0. The lowest BCUT2D eigenvalue weighted by atomic mass is 10.0. The Labute approximate surface area is 333 Å². The summed E-state index contributed by atoms with van der Waals surface area (Å²) in [5.74, 6) is 1.94. The van der Waals surface area contributed by atoms with Gasteiger partial charge in [-0.15, -0.1) is 0 Å². The first-order valence-electron chi connectivity index (χ1n) is 19.6. The van der Waals surface area contributed by atoms with Crippen molar-refractivity contribution in [2.75, 3.05) is 0 Å². The van der Waals surface area contributed by atoms with Gasteiger partial charge in [-0.1, -0.05) is 152 Å². The number of benzene rings is 8. The summed E-state index contributed by atoms with van der Waals surface area (Å²) in [7, 11) is 0. The molecule has 0 bridgehead atoms. The lowest BCUT2D eigenvalue weighted by Crippen LogP contribution is -2.00. The number of rotatable bonds is 5. The van der Waals surface area contributed by atoms with E-state index in [2.05, 4.69) is 148 Å². The van der Waals surface area contributed by atoms with Crippen LogP contribution in [0.1, 0.15) is 0 Å². The van der Waals surface area contributed by atoms with Gasteiger partial charge in [0.25, 0.3) is 0 Å². The SMILES string of the molecule is c1ccc(-c2nc(-c3ccccc3)nc(-c3cccc(-c4ccc(-n5c6ccccc6c6cc7c(cc65)cc5c6ccccc6c6ccccc6n75)cc4)c3)n2)cc1. The minimum absolute atomic E-state index is 0.641. The van der Waals surface area contributed by atoms with Crippen LogP contribution in [-0.2, 0) is 0 Å². The van der Waals surface area contributed by atoms with E-state index in [0.29, 0.717) is 17.5 Å². The second-order valence-corrected chi connectivity index (χ2v) is 14.9. The predicted molar refractivity (Wildman–Crippen MR) is 239 cm³/mol. The number of hydrogen-bond donors (Lipinski definition) is 0. The van der Waals surface area contributed by atoms with Crippen molar-refractivity contribution in [3.63, 3.8) is 0 Å². The Kier molecular flexibility index (Phi) is 7.16. The topological polar surface area (TPSA) is 48.0 Å². The molecule has 0 saturated heterocycles. The van der Waals surface area contributed by atoms with Crippen LogP contribution in [0.2, 0.25) is 0 Å². The molecule has 58 heavy (non-hydrogen) atoms. The molecule has 0 aliphatic carbocycles. The number of fused-ring (bicyclic) bond motifs is 11. The molecule has 0 spiro atoms. The maximum Gasteiger partial charge on any atom is 0.164 e. The highest BCUT2D eigenvalue weighted by Crippen LogP contribution is 2.39. The molecule has 0 amide bonds. The summed E-state index contributed by atoms with van der Waals surface area (Å²) in [4.78, 5) is 14.8. The standard InChI is InChI=1S/C53H33N5/c1-3-14-35(15-4-1)51-54-52(36-16-5-2-6-17-36)56-53(55-51)38-19-13-18-37(30-38)34-26-28-40(29-27-34)57-46-24-11-10-23-44(46)45-33-48-39(32-50(45)57)31-49-43-22-8-7-20-41(43)42-21-9-12-25-47(42)58(48)49/h1-33H. The van der Waals surface area contributed by atoms with E-state index in [4.69, 9.17) is 15.0 Å². The Morgan fingerprint density at radius 3 is 1.45 bits per heavy atom. The number of aromatic nitrogens is 5. The third kappa shape index (κ3) is 5.07. The molecule has 0 fully saturated rings. The van der Waals surface area contributed by atoms with Crippen molar-refractivity contribution < 1.29 is 0 Å². The summed E-state index contributed by atoms with van der Waals surface area (Å²) in [6.45, 7) is 0. The lowest BCUT2D eigenvalue weighted by Gasteiger charge is -2.11. The maximum absolute atomic E-state index is 4.98. The maximum atomic E-state index is 4.98. The molecule has 0 radical (unpaired) electrons.